The molecule has 6 nitrogen and oxygen atoms in total. The fraction of sp³-hybridized carbons (Fsp3) is 0.125. The molecule has 0 aromatic heterocycles. The summed E-state index contributed by atoms with van der Waals surface area (Å²) in [6, 6.07) is 12.0. The van der Waals surface area contributed by atoms with Crippen molar-refractivity contribution in [2.24, 2.45) is 0 Å². The highest BCUT2D eigenvalue weighted by molar-refractivity contribution is 5.94. The average Bonchev–Trinajstić information content (AvgIpc) is 2.48. The van der Waals surface area contributed by atoms with Crippen molar-refractivity contribution in [3.63, 3.8) is 0 Å². The van der Waals surface area contributed by atoms with Gasteiger partial charge in [-0.05, 0) is 36.8 Å². The Hall–Kier alpha value is -3.02. The van der Waals surface area contributed by atoms with Gasteiger partial charge in [-0.25, -0.2) is 0 Å². The summed E-state index contributed by atoms with van der Waals surface area (Å²) >= 11 is 0. The van der Waals surface area contributed by atoms with Crippen LogP contribution in [0.1, 0.15) is 22.8 Å². The molecule has 0 aliphatic carbocycles. The first-order valence-electron chi connectivity index (χ1n) is 6.51. The lowest BCUT2D eigenvalue weighted by Gasteiger charge is -2.05. The van der Waals surface area contributed by atoms with Crippen molar-refractivity contribution in [2.45, 2.75) is 13.3 Å². The first kappa shape index (κ1) is 15.4. The summed E-state index contributed by atoms with van der Waals surface area (Å²) in [6.45, 7) is 1.45. The SMILES string of the molecule is CC(=O)c1ccc(OC(=O)Cc2ccc([N+](=O)[O-])cc2)cc1. The number of nitro groups is 1. The van der Waals surface area contributed by atoms with Gasteiger partial charge in [0.1, 0.15) is 5.75 Å². The Labute approximate surface area is 126 Å². The van der Waals surface area contributed by atoms with E-state index in [-0.39, 0.29) is 17.9 Å². The molecule has 0 aliphatic rings. The third-order valence-electron chi connectivity index (χ3n) is 2.99. The van der Waals surface area contributed by atoms with E-state index in [1.807, 2.05) is 0 Å². The minimum atomic E-state index is -0.501. The number of esters is 1. The van der Waals surface area contributed by atoms with Crippen LogP contribution in [-0.4, -0.2) is 16.7 Å². The van der Waals surface area contributed by atoms with Crippen molar-refractivity contribution in [1.82, 2.24) is 0 Å². The molecule has 0 radical (unpaired) electrons. The van der Waals surface area contributed by atoms with E-state index in [1.165, 1.54) is 31.2 Å². The molecule has 0 unspecified atom stereocenters. The van der Waals surface area contributed by atoms with Gasteiger partial charge in [0, 0.05) is 17.7 Å². The first-order valence-corrected chi connectivity index (χ1v) is 6.51. The Morgan fingerprint density at radius 3 is 2.14 bits per heavy atom. The predicted octanol–water partition coefficient (Wildman–Crippen LogP) is 2.95. The summed E-state index contributed by atoms with van der Waals surface area (Å²) in [6.07, 6.45) is 0.00640. The number of hydrogen-bond donors (Lipinski definition) is 0. The van der Waals surface area contributed by atoms with Crippen LogP contribution in [0.3, 0.4) is 0 Å². The van der Waals surface area contributed by atoms with E-state index in [0.717, 1.165) is 0 Å². The molecular weight excluding hydrogens is 286 g/mol. The maximum absolute atomic E-state index is 11.8. The number of Topliss-reactive ketones (excluding diaryl/α,β-unsaturated/α-hetero) is 1. The van der Waals surface area contributed by atoms with Crippen LogP contribution in [0.25, 0.3) is 0 Å². The lowest BCUT2D eigenvalue weighted by atomic mass is 10.1. The zero-order valence-corrected chi connectivity index (χ0v) is 11.8. The van der Waals surface area contributed by atoms with Gasteiger partial charge < -0.3 is 4.74 Å². The molecule has 0 fully saturated rings. The molecule has 0 N–H and O–H groups in total. The number of rotatable bonds is 5. The first-order chi connectivity index (χ1) is 10.5. The number of carbonyl (C=O) groups excluding carboxylic acids is 2. The number of benzene rings is 2. The molecule has 112 valence electrons. The molecule has 0 amide bonds. The van der Waals surface area contributed by atoms with Gasteiger partial charge in [-0.3, -0.25) is 19.7 Å². The van der Waals surface area contributed by atoms with E-state index < -0.39 is 10.9 Å². The molecule has 0 aliphatic heterocycles. The smallest absolute Gasteiger partial charge is 0.315 e. The quantitative estimate of drug-likeness (QED) is 0.278. The minimum Gasteiger partial charge on any atom is -0.426 e. The number of nitro benzene ring substituents is 1. The van der Waals surface area contributed by atoms with E-state index in [2.05, 4.69) is 0 Å². The van der Waals surface area contributed by atoms with Gasteiger partial charge in [0.25, 0.3) is 5.69 Å². The summed E-state index contributed by atoms with van der Waals surface area (Å²) in [5.74, 6) is -0.204. The third-order valence-corrected chi connectivity index (χ3v) is 2.99. The molecule has 0 bridgehead atoms. The largest absolute Gasteiger partial charge is 0.426 e. The normalized spacial score (nSPS) is 10.0. The van der Waals surface area contributed by atoms with Crippen molar-refractivity contribution in [3.05, 3.63) is 69.8 Å². The van der Waals surface area contributed by atoms with Gasteiger partial charge in [-0.15, -0.1) is 0 Å². The molecule has 22 heavy (non-hydrogen) atoms. The number of hydrogen-bond acceptors (Lipinski definition) is 5. The third kappa shape index (κ3) is 3.99. The Bertz CT molecular complexity index is 643. The van der Waals surface area contributed by atoms with E-state index >= 15 is 0 Å². The highest BCUT2D eigenvalue weighted by atomic mass is 16.6. The van der Waals surface area contributed by atoms with Crippen molar-refractivity contribution in [3.8, 4) is 5.75 Å². The lowest BCUT2D eigenvalue weighted by Crippen LogP contribution is -2.11. The predicted molar refractivity (Wildman–Crippen MR) is 78.9 cm³/mol. The summed E-state index contributed by atoms with van der Waals surface area (Å²) in [7, 11) is 0. The molecule has 0 saturated heterocycles. The summed E-state index contributed by atoms with van der Waals surface area (Å²) in [4.78, 5) is 33.0. The molecule has 0 spiro atoms. The van der Waals surface area contributed by atoms with Crippen LogP contribution in [0, 0.1) is 10.1 Å². The van der Waals surface area contributed by atoms with Crippen LogP contribution in [0.5, 0.6) is 5.75 Å². The van der Waals surface area contributed by atoms with E-state index in [1.54, 1.807) is 24.3 Å². The van der Waals surface area contributed by atoms with E-state index in [9.17, 15) is 19.7 Å². The standard InChI is InChI=1S/C16H13NO5/c1-11(18)13-4-8-15(9-5-13)22-16(19)10-12-2-6-14(7-3-12)17(20)21/h2-9H,10H2,1H3. The van der Waals surface area contributed by atoms with E-state index in [4.69, 9.17) is 4.74 Å². The number of ether oxygens (including phenoxy) is 1. The fourth-order valence-electron chi connectivity index (χ4n) is 1.83. The maximum Gasteiger partial charge on any atom is 0.315 e. The molecular formula is C16H13NO5. The van der Waals surface area contributed by atoms with Crippen molar-refractivity contribution in [2.75, 3.05) is 0 Å². The van der Waals surface area contributed by atoms with Crippen LogP contribution in [0.2, 0.25) is 0 Å². The van der Waals surface area contributed by atoms with Crippen LogP contribution >= 0.6 is 0 Å². The topological polar surface area (TPSA) is 86.5 Å². The van der Waals surface area contributed by atoms with Gasteiger partial charge in [-0.2, -0.15) is 0 Å². The molecule has 0 atom stereocenters. The number of nitrogens with zero attached hydrogens (tertiary/aromatic N) is 1. The highest BCUT2D eigenvalue weighted by Crippen LogP contribution is 2.15. The van der Waals surface area contributed by atoms with Crippen molar-refractivity contribution < 1.29 is 19.2 Å². The number of carbonyl (C=O) groups is 2. The van der Waals surface area contributed by atoms with Crippen molar-refractivity contribution in [1.29, 1.82) is 0 Å². The van der Waals surface area contributed by atoms with Crippen LogP contribution < -0.4 is 4.74 Å². The number of ketones is 1. The Kier molecular flexibility index (Phi) is 4.63. The number of non-ortho nitro benzene ring substituents is 1. The van der Waals surface area contributed by atoms with Gasteiger partial charge in [0.15, 0.2) is 5.78 Å². The summed E-state index contributed by atoms with van der Waals surface area (Å²) in [5.41, 5.74) is 1.13. The highest BCUT2D eigenvalue weighted by Gasteiger charge is 2.09. The minimum absolute atomic E-state index is 0.00640. The Balaban J connectivity index is 1.97. The zero-order valence-electron chi connectivity index (χ0n) is 11.8. The zero-order chi connectivity index (χ0) is 16.1. The molecule has 0 heterocycles. The summed E-state index contributed by atoms with van der Waals surface area (Å²) in [5, 5.41) is 10.5. The van der Waals surface area contributed by atoms with Crippen LogP contribution in [0.15, 0.2) is 48.5 Å². The van der Waals surface area contributed by atoms with Crippen LogP contribution in [-0.2, 0) is 11.2 Å². The maximum atomic E-state index is 11.8. The van der Waals surface area contributed by atoms with Crippen LogP contribution in [0.4, 0.5) is 5.69 Å². The van der Waals surface area contributed by atoms with Gasteiger partial charge in [0.2, 0.25) is 0 Å². The van der Waals surface area contributed by atoms with Gasteiger partial charge >= 0.3 is 5.97 Å². The Morgan fingerprint density at radius 2 is 1.64 bits per heavy atom. The molecule has 2 aromatic rings. The molecule has 2 rings (SSSR count). The fourth-order valence-corrected chi connectivity index (χ4v) is 1.83. The lowest BCUT2D eigenvalue weighted by molar-refractivity contribution is -0.384. The van der Waals surface area contributed by atoms with Gasteiger partial charge in [0.05, 0.1) is 11.3 Å². The molecule has 2 aromatic carbocycles. The van der Waals surface area contributed by atoms with Crippen molar-refractivity contribution >= 4 is 17.4 Å². The second kappa shape index (κ2) is 6.62. The monoisotopic (exact) mass is 299 g/mol. The average molecular weight is 299 g/mol. The second-order valence-corrected chi connectivity index (χ2v) is 4.65. The molecule has 6 heteroatoms. The Morgan fingerprint density at radius 1 is 1.05 bits per heavy atom. The van der Waals surface area contributed by atoms with Gasteiger partial charge in [-0.1, -0.05) is 12.1 Å². The summed E-state index contributed by atoms with van der Waals surface area (Å²) < 4.78 is 5.15. The second-order valence-electron chi connectivity index (χ2n) is 4.65. The molecule has 0 saturated carbocycles. The van der Waals surface area contributed by atoms with E-state index in [0.29, 0.717) is 16.9 Å².